The van der Waals surface area contributed by atoms with Gasteiger partial charge in [-0.25, -0.2) is 4.98 Å². The van der Waals surface area contributed by atoms with Crippen molar-refractivity contribution in [3.05, 3.63) is 40.5 Å². The third-order valence-corrected chi connectivity index (χ3v) is 6.05. The number of nitrogens with two attached hydrogens (primary N) is 1. The molecule has 1 aromatic carbocycles. The van der Waals surface area contributed by atoms with E-state index in [1.165, 1.54) is 29.8 Å². The van der Waals surface area contributed by atoms with Crippen molar-refractivity contribution < 1.29 is 22.8 Å². The van der Waals surface area contributed by atoms with Crippen LogP contribution in [0.1, 0.15) is 34.0 Å². The third-order valence-electron chi connectivity index (χ3n) is 5.37. The Balaban J connectivity index is 2.33. The van der Waals surface area contributed by atoms with Crippen LogP contribution in [0, 0.1) is 11.3 Å². The zero-order valence-electron chi connectivity index (χ0n) is 20.6. The van der Waals surface area contributed by atoms with Gasteiger partial charge in [-0.3, -0.25) is 9.59 Å². The van der Waals surface area contributed by atoms with Gasteiger partial charge in [0, 0.05) is 32.1 Å². The Kier molecular flexibility index (Phi) is 9.66. The Morgan fingerprint density at radius 1 is 1.22 bits per heavy atom. The van der Waals surface area contributed by atoms with Crippen LogP contribution in [-0.2, 0) is 17.4 Å². The van der Waals surface area contributed by atoms with Crippen molar-refractivity contribution in [2.24, 2.45) is 0 Å². The predicted molar refractivity (Wildman–Crippen MR) is 132 cm³/mol. The van der Waals surface area contributed by atoms with Gasteiger partial charge in [-0.05, 0) is 51.0 Å². The molecule has 13 heteroatoms. The number of Topliss-reactive ketones (excluding diaryl/α,β-unsaturated/α-hetero) is 1. The number of carbonyl (C=O) groups excluding carboxylic acids is 2. The Hall–Kier alpha value is -3.37. The van der Waals surface area contributed by atoms with Crippen LogP contribution in [0.3, 0.4) is 0 Å². The molecular weight excluding hydrogens is 495 g/mol. The lowest BCUT2D eigenvalue weighted by molar-refractivity contribution is -0.137. The summed E-state index contributed by atoms with van der Waals surface area (Å²) in [4.78, 5) is 36.9. The highest BCUT2D eigenvalue weighted by molar-refractivity contribution is 7.98. The molecule has 1 atom stereocenters. The lowest BCUT2D eigenvalue weighted by Crippen LogP contribution is -2.38. The second-order valence-electron chi connectivity index (χ2n) is 8.31. The summed E-state index contributed by atoms with van der Waals surface area (Å²) in [6.07, 6.45) is -3.36. The molecule has 1 amide bonds. The zero-order chi connectivity index (χ0) is 27.2. The number of rotatable bonds is 10. The molecule has 2 rings (SSSR count). The number of hydrogen-bond acceptors (Lipinski definition) is 9. The molecule has 1 aromatic heterocycles. The number of halogens is 3. The average molecular weight is 524 g/mol. The Morgan fingerprint density at radius 3 is 2.44 bits per heavy atom. The number of carbonyl (C=O) groups is 2. The molecule has 0 saturated heterocycles. The van der Waals surface area contributed by atoms with Crippen LogP contribution in [-0.4, -0.2) is 73.1 Å². The first kappa shape index (κ1) is 28.9. The van der Waals surface area contributed by atoms with Crippen molar-refractivity contribution in [3.8, 4) is 6.07 Å². The van der Waals surface area contributed by atoms with E-state index >= 15 is 0 Å². The Labute approximate surface area is 211 Å². The van der Waals surface area contributed by atoms with Crippen LogP contribution in [0.25, 0.3) is 0 Å². The van der Waals surface area contributed by atoms with Gasteiger partial charge in [-0.15, -0.1) is 11.8 Å². The molecule has 1 heterocycles. The summed E-state index contributed by atoms with van der Waals surface area (Å²) in [6, 6.07) is 4.04. The Bertz CT molecular complexity index is 1170. The number of amides is 1. The van der Waals surface area contributed by atoms with Gasteiger partial charge in [0.1, 0.15) is 16.7 Å². The molecule has 0 aliphatic rings. The minimum atomic E-state index is -4.70. The second kappa shape index (κ2) is 12.0. The van der Waals surface area contributed by atoms with E-state index < -0.39 is 29.5 Å². The minimum absolute atomic E-state index is 0.0420. The predicted octanol–water partition coefficient (Wildman–Crippen LogP) is 2.60. The molecule has 2 aromatic rings. The topological polar surface area (TPSA) is 128 Å². The van der Waals surface area contributed by atoms with E-state index in [2.05, 4.69) is 15.3 Å². The number of nitriles is 1. The highest BCUT2D eigenvalue weighted by atomic mass is 32.2. The summed E-state index contributed by atoms with van der Waals surface area (Å²) in [7, 11) is 5.14. The van der Waals surface area contributed by atoms with E-state index in [4.69, 9.17) is 5.73 Å². The molecule has 0 unspecified atom stereocenters. The fourth-order valence-electron chi connectivity index (χ4n) is 3.28. The number of thioether (sulfide) groups is 1. The zero-order valence-corrected chi connectivity index (χ0v) is 21.4. The SMILES string of the molecule is CSc1nc(N)nc(N(C)[C@@H](C)C(=O)Cc2cc(C(=O)NCCN(C)C)cc(C(F)(F)F)c2)c1C#N. The molecule has 3 N–H and O–H groups in total. The first-order valence-corrected chi connectivity index (χ1v) is 12.0. The maximum atomic E-state index is 13.5. The van der Waals surface area contributed by atoms with Crippen molar-refractivity contribution in [1.82, 2.24) is 20.2 Å². The van der Waals surface area contributed by atoms with Crippen molar-refractivity contribution in [3.63, 3.8) is 0 Å². The van der Waals surface area contributed by atoms with E-state index in [1.54, 1.807) is 27.3 Å². The molecule has 0 saturated carbocycles. The summed E-state index contributed by atoms with van der Waals surface area (Å²) in [5, 5.41) is 12.5. The summed E-state index contributed by atoms with van der Waals surface area (Å²) in [5.41, 5.74) is 4.71. The first-order valence-electron chi connectivity index (χ1n) is 10.8. The van der Waals surface area contributed by atoms with Gasteiger partial charge in [0.05, 0.1) is 11.6 Å². The normalized spacial score (nSPS) is 12.2. The van der Waals surface area contributed by atoms with Crippen LogP contribution in [0.5, 0.6) is 0 Å². The average Bonchev–Trinajstić information content (AvgIpc) is 2.81. The molecular formula is C23H28F3N7O2S. The summed E-state index contributed by atoms with van der Waals surface area (Å²) >= 11 is 1.19. The number of anilines is 2. The quantitative estimate of drug-likeness (QED) is 0.357. The highest BCUT2D eigenvalue weighted by Crippen LogP contribution is 2.31. The van der Waals surface area contributed by atoms with Gasteiger partial charge in [-0.1, -0.05) is 0 Å². The van der Waals surface area contributed by atoms with Crippen LogP contribution in [0.2, 0.25) is 0 Å². The van der Waals surface area contributed by atoms with Gasteiger partial charge in [-0.2, -0.15) is 23.4 Å². The number of hydrogen-bond donors (Lipinski definition) is 2. The smallest absolute Gasteiger partial charge is 0.368 e. The van der Waals surface area contributed by atoms with Gasteiger partial charge in [0.25, 0.3) is 5.91 Å². The van der Waals surface area contributed by atoms with Gasteiger partial charge < -0.3 is 20.9 Å². The number of nitrogen functional groups attached to an aromatic ring is 1. The molecule has 9 nitrogen and oxygen atoms in total. The van der Waals surface area contributed by atoms with Crippen molar-refractivity contribution >= 4 is 35.2 Å². The fraction of sp³-hybridized carbons (Fsp3) is 0.435. The van der Waals surface area contributed by atoms with E-state index in [0.29, 0.717) is 11.6 Å². The second-order valence-corrected chi connectivity index (χ2v) is 9.10. The molecule has 0 fully saturated rings. The number of aromatic nitrogens is 2. The number of nitrogens with zero attached hydrogens (tertiary/aromatic N) is 5. The maximum absolute atomic E-state index is 13.5. The van der Waals surface area contributed by atoms with Crippen LogP contribution in [0.15, 0.2) is 23.2 Å². The number of alkyl halides is 3. The van der Waals surface area contributed by atoms with Crippen LogP contribution >= 0.6 is 11.8 Å². The van der Waals surface area contributed by atoms with Crippen LogP contribution in [0.4, 0.5) is 24.9 Å². The third kappa shape index (κ3) is 7.32. The molecule has 36 heavy (non-hydrogen) atoms. The lowest BCUT2D eigenvalue weighted by Gasteiger charge is -2.26. The van der Waals surface area contributed by atoms with Gasteiger partial charge in [0.15, 0.2) is 11.6 Å². The fourth-order valence-corrected chi connectivity index (χ4v) is 3.80. The molecule has 0 aliphatic heterocycles. The highest BCUT2D eigenvalue weighted by Gasteiger charge is 2.32. The summed E-state index contributed by atoms with van der Waals surface area (Å²) in [5.74, 6) is -1.05. The number of likely N-dealkylation sites (N-methyl/N-ethyl adjacent to an activating group) is 2. The lowest BCUT2D eigenvalue weighted by atomic mass is 9.98. The van der Waals surface area contributed by atoms with Crippen molar-refractivity contribution in [2.45, 2.75) is 30.6 Å². The standard InChI is InChI=1S/C23H28F3N7O2S/c1-13(33(4)19-17(12-27)21(36-5)31-22(28)30-19)18(34)10-14-8-15(11-16(9-14)23(24,25)26)20(35)29-6-7-32(2)3/h8-9,11,13H,6-7,10H2,1-5H3,(H,29,35)(H2,28,30,31)/t13-/m0/s1. The van der Waals surface area contributed by atoms with E-state index in [9.17, 15) is 28.0 Å². The van der Waals surface area contributed by atoms with E-state index in [1.807, 2.05) is 11.0 Å². The largest absolute Gasteiger partial charge is 0.416 e. The summed E-state index contributed by atoms with van der Waals surface area (Å²) < 4.78 is 40.6. The van der Waals surface area contributed by atoms with Crippen molar-refractivity contribution in [2.75, 3.05) is 51.1 Å². The van der Waals surface area contributed by atoms with E-state index in [-0.39, 0.29) is 41.4 Å². The summed E-state index contributed by atoms with van der Waals surface area (Å²) in [6.45, 7) is 2.30. The first-order chi connectivity index (χ1) is 16.8. The number of benzene rings is 1. The monoisotopic (exact) mass is 523 g/mol. The number of ketones is 1. The molecule has 0 radical (unpaired) electrons. The maximum Gasteiger partial charge on any atom is 0.416 e. The minimum Gasteiger partial charge on any atom is -0.368 e. The molecule has 0 bridgehead atoms. The van der Waals surface area contributed by atoms with Gasteiger partial charge in [0.2, 0.25) is 5.95 Å². The molecule has 194 valence electrons. The van der Waals surface area contributed by atoms with E-state index in [0.717, 1.165) is 12.1 Å². The Morgan fingerprint density at radius 2 is 1.89 bits per heavy atom. The number of nitrogens with one attached hydrogen (secondary N) is 1. The van der Waals surface area contributed by atoms with Crippen LogP contribution < -0.4 is 16.0 Å². The molecule has 0 spiro atoms. The van der Waals surface area contributed by atoms with Crippen molar-refractivity contribution in [1.29, 1.82) is 5.26 Å². The van der Waals surface area contributed by atoms with Gasteiger partial charge >= 0.3 is 6.18 Å². The molecule has 0 aliphatic carbocycles.